The normalized spacial score (nSPS) is 10.8. The number of aromatic nitrogens is 2. The van der Waals surface area contributed by atoms with E-state index in [1.54, 1.807) is 19.1 Å². The highest BCUT2D eigenvalue weighted by molar-refractivity contribution is 6.06. The highest BCUT2D eigenvalue weighted by atomic mass is 19.1. The first-order valence-corrected chi connectivity index (χ1v) is 12.4. The van der Waals surface area contributed by atoms with Crippen molar-refractivity contribution in [1.82, 2.24) is 15.3 Å². The Bertz CT molecular complexity index is 1500. The van der Waals surface area contributed by atoms with Crippen LogP contribution in [0.5, 0.6) is 28.7 Å². The fourth-order valence-electron chi connectivity index (χ4n) is 3.86. The van der Waals surface area contributed by atoms with Crippen molar-refractivity contribution in [2.45, 2.75) is 13.3 Å². The number of pyridine rings is 2. The van der Waals surface area contributed by atoms with E-state index in [0.717, 1.165) is 31.3 Å². The Morgan fingerprint density at radius 2 is 1.65 bits per heavy atom. The van der Waals surface area contributed by atoms with Gasteiger partial charge >= 0.3 is 0 Å². The summed E-state index contributed by atoms with van der Waals surface area (Å²) in [6, 6.07) is 7.72. The molecule has 2 heterocycles. The van der Waals surface area contributed by atoms with Crippen LogP contribution in [0.3, 0.4) is 0 Å². The molecule has 0 atom stereocenters. The van der Waals surface area contributed by atoms with Crippen molar-refractivity contribution in [3.8, 4) is 28.7 Å². The third kappa shape index (κ3) is 6.34. The molecule has 0 saturated carbocycles. The summed E-state index contributed by atoms with van der Waals surface area (Å²) in [5.74, 6) is -4.08. The number of amides is 1. The zero-order chi connectivity index (χ0) is 28.6. The molecular weight excluding hydrogens is 529 g/mol. The number of carbonyl (C=O) groups is 1. The predicted octanol–water partition coefficient (Wildman–Crippen LogP) is 5.49. The summed E-state index contributed by atoms with van der Waals surface area (Å²) in [6.07, 6.45) is 3.34. The molecule has 210 valence electrons. The summed E-state index contributed by atoms with van der Waals surface area (Å²) in [5.41, 5.74) is -0.303. The van der Waals surface area contributed by atoms with Gasteiger partial charge in [0.25, 0.3) is 5.91 Å². The summed E-state index contributed by atoms with van der Waals surface area (Å²) in [7, 11) is 3.32. The van der Waals surface area contributed by atoms with Gasteiger partial charge in [0.2, 0.25) is 5.95 Å². The minimum absolute atomic E-state index is 0.0556. The summed E-state index contributed by atoms with van der Waals surface area (Å²) >= 11 is 0. The lowest BCUT2D eigenvalue weighted by Crippen LogP contribution is -2.17. The molecule has 0 aliphatic carbocycles. The van der Waals surface area contributed by atoms with Crippen molar-refractivity contribution in [3.63, 3.8) is 0 Å². The molecule has 2 aromatic heterocycles. The van der Waals surface area contributed by atoms with E-state index in [0.29, 0.717) is 29.0 Å². The number of anilines is 1. The molecule has 0 aliphatic rings. The molecule has 0 radical (unpaired) electrons. The van der Waals surface area contributed by atoms with E-state index in [9.17, 15) is 9.18 Å². The van der Waals surface area contributed by atoms with Gasteiger partial charge in [0.15, 0.2) is 28.9 Å². The molecule has 40 heavy (non-hydrogen) atoms. The molecular formula is C28H27F3N4O5. The number of carbonyl (C=O) groups excluding carboxylic acids is 1. The van der Waals surface area contributed by atoms with Crippen molar-refractivity contribution in [2.75, 3.05) is 39.2 Å². The van der Waals surface area contributed by atoms with E-state index in [4.69, 9.17) is 18.9 Å². The third-order valence-corrected chi connectivity index (χ3v) is 5.68. The van der Waals surface area contributed by atoms with Crippen molar-refractivity contribution in [2.24, 2.45) is 0 Å². The topological polar surface area (TPSA) is 104 Å². The summed E-state index contributed by atoms with van der Waals surface area (Å²) in [6.45, 7) is 3.05. The first-order chi connectivity index (χ1) is 19.4. The van der Waals surface area contributed by atoms with Crippen molar-refractivity contribution in [3.05, 3.63) is 71.9 Å². The van der Waals surface area contributed by atoms with Crippen LogP contribution >= 0.6 is 0 Å². The number of nitrogens with zero attached hydrogens (tertiary/aromatic N) is 2. The Balaban J connectivity index is 1.59. The van der Waals surface area contributed by atoms with Crippen LogP contribution in [0.15, 0.2) is 48.8 Å². The van der Waals surface area contributed by atoms with Crippen LogP contribution in [0.2, 0.25) is 0 Å². The first-order valence-electron chi connectivity index (χ1n) is 12.4. The van der Waals surface area contributed by atoms with Crippen LogP contribution < -0.4 is 29.6 Å². The Morgan fingerprint density at radius 1 is 0.925 bits per heavy atom. The minimum atomic E-state index is -1.10. The van der Waals surface area contributed by atoms with Crippen LogP contribution in [0, 0.1) is 17.6 Å². The van der Waals surface area contributed by atoms with Gasteiger partial charge in [0.1, 0.15) is 17.1 Å². The van der Waals surface area contributed by atoms with Crippen LogP contribution in [0.4, 0.5) is 18.9 Å². The molecule has 4 rings (SSSR count). The summed E-state index contributed by atoms with van der Waals surface area (Å²) in [4.78, 5) is 20.4. The van der Waals surface area contributed by atoms with E-state index in [2.05, 4.69) is 20.6 Å². The number of methoxy groups -OCH3 is 1. The fraction of sp³-hybridized carbons (Fsp3) is 0.250. The average molecular weight is 557 g/mol. The monoisotopic (exact) mass is 556 g/mol. The second-order valence-electron chi connectivity index (χ2n) is 8.37. The maximum atomic E-state index is 15.0. The number of hydrogen-bond acceptors (Lipinski definition) is 8. The van der Waals surface area contributed by atoms with Crippen LogP contribution in [-0.4, -0.2) is 49.8 Å². The van der Waals surface area contributed by atoms with Gasteiger partial charge in [-0.05, 0) is 45.1 Å². The van der Waals surface area contributed by atoms with E-state index in [1.807, 2.05) is 7.05 Å². The number of fused-ring (bicyclic) bond motifs is 1. The maximum absolute atomic E-state index is 15.0. The zero-order valence-electron chi connectivity index (χ0n) is 22.0. The smallest absolute Gasteiger partial charge is 0.264 e. The number of halogens is 3. The number of benzene rings is 2. The molecule has 0 spiro atoms. The molecule has 0 bridgehead atoms. The van der Waals surface area contributed by atoms with Gasteiger partial charge in [-0.25, -0.2) is 13.8 Å². The highest BCUT2D eigenvalue weighted by Crippen LogP contribution is 2.38. The van der Waals surface area contributed by atoms with Gasteiger partial charge in [0.05, 0.1) is 25.8 Å². The molecule has 1 amide bonds. The van der Waals surface area contributed by atoms with E-state index in [-0.39, 0.29) is 23.8 Å². The lowest BCUT2D eigenvalue weighted by molar-refractivity contribution is 0.101. The molecule has 0 aliphatic heterocycles. The van der Waals surface area contributed by atoms with E-state index in [1.165, 1.54) is 25.4 Å². The quantitative estimate of drug-likeness (QED) is 0.175. The number of nitrogens with one attached hydrogen (secondary N) is 2. The second-order valence-corrected chi connectivity index (χ2v) is 8.37. The van der Waals surface area contributed by atoms with Crippen LogP contribution in [-0.2, 0) is 0 Å². The zero-order valence-corrected chi connectivity index (χ0v) is 22.0. The summed E-state index contributed by atoms with van der Waals surface area (Å²) < 4.78 is 66.5. The molecule has 12 heteroatoms. The molecule has 0 unspecified atom stereocenters. The van der Waals surface area contributed by atoms with Crippen molar-refractivity contribution in [1.29, 1.82) is 0 Å². The van der Waals surface area contributed by atoms with Gasteiger partial charge in [0, 0.05) is 41.7 Å². The molecule has 4 aromatic rings. The molecule has 2 N–H and O–H groups in total. The summed E-state index contributed by atoms with van der Waals surface area (Å²) in [5, 5.41) is 5.73. The van der Waals surface area contributed by atoms with Gasteiger partial charge < -0.3 is 29.6 Å². The third-order valence-electron chi connectivity index (χ3n) is 5.68. The first kappa shape index (κ1) is 28.4. The van der Waals surface area contributed by atoms with Crippen molar-refractivity contribution >= 4 is 22.5 Å². The lowest BCUT2D eigenvalue weighted by atomic mass is 10.1. The fourth-order valence-corrected chi connectivity index (χ4v) is 3.86. The van der Waals surface area contributed by atoms with Crippen LogP contribution in [0.25, 0.3) is 10.9 Å². The van der Waals surface area contributed by atoms with Gasteiger partial charge in [-0.3, -0.25) is 9.78 Å². The van der Waals surface area contributed by atoms with Gasteiger partial charge in [-0.15, -0.1) is 0 Å². The van der Waals surface area contributed by atoms with Crippen molar-refractivity contribution < 1.29 is 36.9 Å². The molecule has 0 saturated heterocycles. The molecule has 9 nitrogen and oxygen atoms in total. The predicted molar refractivity (Wildman–Crippen MR) is 142 cm³/mol. The Hall–Kier alpha value is -4.58. The minimum Gasteiger partial charge on any atom is -0.493 e. The van der Waals surface area contributed by atoms with Gasteiger partial charge in [-0.1, -0.05) is 0 Å². The Morgan fingerprint density at radius 3 is 2.35 bits per heavy atom. The van der Waals surface area contributed by atoms with E-state index >= 15 is 8.78 Å². The van der Waals surface area contributed by atoms with E-state index < -0.39 is 34.8 Å². The largest absolute Gasteiger partial charge is 0.493 e. The number of ether oxygens (including phenoxy) is 4. The Labute approximate surface area is 228 Å². The maximum Gasteiger partial charge on any atom is 0.264 e. The number of rotatable bonds is 12. The SMILES string of the molecule is CCOc1ccnc(F)c1C(=O)Nc1cc(F)c(Oc2ccnc3cc(OCCCNC)c(OC)cc23)c(F)c1. The number of hydrogen-bond donors (Lipinski definition) is 2. The van der Waals surface area contributed by atoms with Crippen LogP contribution in [0.1, 0.15) is 23.7 Å². The standard InChI is InChI=1S/C28H27F3N4O5/c1-4-38-22-7-10-34-27(31)25(22)28(36)35-16-12-18(29)26(19(30)13-16)40-21-6-9-33-20-15-24(39-11-5-8-32-2)23(37-3)14-17(20)21/h6-7,9-10,12-15,32H,4-5,8,11H2,1-3H3,(H,35,36). The van der Waals surface area contributed by atoms with Gasteiger partial charge in [-0.2, -0.15) is 4.39 Å². The molecule has 2 aromatic carbocycles. The second kappa shape index (κ2) is 13.0. The molecule has 0 fully saturated rings. The average Bonchev–Trinajstić information content (AvgIpc) is 2.93. The Kier molecular flexibility index (Phi) is 9.23. The lowest BCUT2D eigenvalue weighted by Gasteiger charge is -2.15. The highest BCUT2D eigenvalue weighted by Gasteiger charge is 2.22.